The Morgan fingerprint density at radius 3 is 2.31 bits per heavy atom. The first-order valence-corrected chi connectivity index (χ1v) is 10.6. The molecule has 0 aromatic heterocycles. The van der Waals surface area contributed by atoms with E-state index in [1.54, 1.807) is 0 Å². The van der Waals surface area contributed by atoms with Crippen LogP contribution in [0.2, 0.25) is 0 Å². The van der Waals surface area contributed by atoms with E-state index >= 15 is 0 Å². The van der Waals surface area contributed by atoms with Gasteiger partial charge < -0.3 is 0 Å². The number of allylic oxidation sites excluding steroid dienone is 1. The second kappa shape index (κ2) is 9.54. The molecule has 1 atom stereocenters. The summed E-state index contributed by atoms with van der Waals surface area (Å²) in [5, 5.41) is 0. The first kappa shape index (κ1) is 19.4. The molecule has 0 radical (unpaired) electrons. The molecule has 4 rings (SSSR count). The van der Waals surface area contributed by atoms with Gasteiger partial charge in [-0.25, -0.2) is 0 Å². The van der Waals surface area contributed by atoms with E-state index in [9.17, 15) is 0 Å². The predicted octanol–water partition coefficient (Wildman–Crippen LogP) is 6.79. The lowest BCUT2D eigenvalue weighted by Crippen LogP contribution is -2.24. The van der Waals surface area contributed by atoms with Crippen LogP contribution in [0, 0.1) is 0 Å². The molecule has 1 aliphatic carbocycles. The van der Waals surface area contributed by atoms with Gasteiger partial charge in [0.05, 0.1) is 0 Å². The fraction of sp³-hybridized carbons (Fsp3) is 0.214. The summed E-state index contributed by atoms with van der Waals surface area (Å²) in [6.45, 7) is 5.29. The Bertz CT molecular complexity index is 969. The van der Waals surface area contributed by atoms with Crippen LogP contribution in [0.3, 0.4) is 0 Å². The van der Waals surface area contributed by atoms with E-state index in [0.29, 0.717) is 5.92 Å². The molecule has 1 nitrogen and oxygen atoms in total. The molecular weight excluding hydrogens is 350 g/mol. The zero-order chi connectivity index (χ0) is 19.9. The molecule has 0 fully saturated rings. The van der Waals surface area contributed by atoms with Crippen LogP contribution in [0.25, 0.3) is 11.6 Å². The summed E-state index contributed by atoms with van der Waals surface area (Å²) in [6, 6.07) is 30.2. The van der Waals surface area contributed by atoms with Crippen LogP contribution in [0.5, 0.6) is 0 Å². The maximum atomic E-state index is 2.54. The second-order valence-electron chi connectivity index (χ2n) is 7.85. The third-order valence-corrected chi connectivity index (χ3v) is 5.67. The van der Waals surface area contributed by atoms with Gasteiger partial charge in [0.25, 0.3) is 0 Å². The molecule has 0 amide bonds. The van der Waals surface area contributed by atoms with Gasteiger partial charge in [-0.05, 0) is 34.2 Å². The van der Waals surface area contributed by atoms with Crippen LogP contribution in [0.1, 0.15) is 41.5 Å². The molecule has 1 heteroatoms. The average Bonchev–Trinajstić information content (AvgIpc) is 3.09. The molecule has 3 aromatic carbocycles. The highest BCUT2D eigenvalue weighted by molar-refractivity contribution is 5.74. The molecule has 0 bridgehead atoms. The summed E-state index contributed by atoms with van der Waals surface area (Å²) < 4.78 is 0. The SMILES string of the molecule is CC1C=C(CCN(C/C=C/c2ccccc2)Cc2ccccc2)c2ccccc21. The van der Waals surface area contributed by atoms with Gasteiger partial charge >= 0.3 is 0 Å². The Hall–Kier alpha value is -2.90. The van der Waals surface area contributed by atoms with Gasteiger partial charge in [-0.3, -0.25) is 4.90 Å². The Kier molecular flexibility index (Phi) is 6.38. The smallest absolute Gasteiger partial charge is 0.0237 e. The lowest BCUT2D eigenvalue weighted by molar-refractivity contribution is 0.302. The summed E-state index contributed by atoms with van der Waals surface area (Å²) >= 11 is 0. The van der Waals surface area contributed by atoms with E-state index in [0.717, 1.165) is 26.1 Å². The van der Waals surface area contributed by atoms with Gasteiger partial charge in [0, 0.05) is 25.6 Å². The third-order valence-electron chi connectivity index (χ3n) is 5.67. The fourth-order valence-electron chi connectivity index (χ4n) is 4.14. The average molecular weight is 380 g/mol. The topological polar surface area (TPSA) is 3.24 Å². The van der Waals surface area contributed by atoms with Gasteiger partial charge in [-0.1, -0.05) is 110 Å². The zero-order valence-electron chi connectivity index (χ0n) is 17.2. The maximum Gasteiger partial charge on any atom is 0.0237 e. The van der Waals surface area contributed by atoms with Crippen molar-refractivity contribution in [3.05, 3.63) is 119 Å². The van der Waals surface area contributed by atoms with Crippen molar-refractivity contribution >= 4 is 11.6 Å². The quantitative estimate of drug-likeness (QED) is 0.416. The Labute approximate surface area is 175 Å². The highest BCUT2D eigenvalue weighted by Gasteiger charge is 2.19. The van der Waals surface area contributed by atoms with E-state index in [-0.39, 0.29) is 0 Å². The molecule has 1 unspecified atom stereocenters. The van der Waals surface area contributed by atoms with Crippen molar-refractivity contribution in [2.45, 2.75) is 25.8 Å². The van der Waals surface area contributed by atoms with Crippen LogP contribution in [0.4, 0.5) is 0 Å². The second-order valence-corrected chi connectivity index (χ2v) is 7.85. The maximum absolute atomic E-state index is 2.54. The first-order chi connectivity index (χ1) is 14.3. The molecule has 1 aliphatic rings. The summed E-state index contributed by atoms with van der Waals surface area (Å²) in [4.78, 5) is 2.54. The van der Waals surface area contributed by atoms with Crippen molar-refractivity contribution in [1.29, 1.82) is 0 Å². The van der Waals surface area contributed by atoms with Crippen molar-refractivity contribution < 1.29 is 0 Å². The fourth-order valence-corrected chi connectivity index (χ4v) is 4.14. The largest absolute Gasteiger partial charge is 0.295 e. The standard InChI is InChI=1S/C28H29N/c1-23-21-26(28-17-9-8-16-27(23)28)18-20-29(22-25-13-6-3-7-14-25)19-10-15-24-11-4-2-5-12-24/h2-17,21,23H,18-20,22H2,1H3/b15-10+. The molecule has 0 heterocycles. The number of hydrogen-bond donors (Lipinski definition) is 0. The zero-order valence-corrected chi connectivity index (χ0v) is 17.2. The molecular formula is C28H29N. The lowest BCUT2D eigenvalue weighted by atomic mass is 10.0. The molecule has 146 valence electrons. The van der Waals surface area contributed by atoms with Crippen molar-refractivity contribution in [3.8, 4) is 0 Å². The van der Waals surface area contributed by atoms with Crippen molar-refractivity contribution in [1.82, 2.24) is 4.90 Å². The Morgan fingerprint density at radius 2 is 1.52 bits per heavy atom. The van der Waals surface area contributed by atoms with Gasteiger partial charge in [0.1, 0.15) is 0 Å². The molecule has 0 aliphatic heterocycles. The van der Waals surface area contributed by atoms with Crippen LogP contribution < -0.4 is 0 Å². The molecule has 29 heavy (non-hydrogen) atoms. The van der Waals surface area contributed by atoms with Crippen LogP contribution in [-0.4, -0.2) is 18.0 Å². The van der Waals surface area contributed by atoms with E-state index in [4.69, 9.17) is 0 Å². The normalized spacial score (nSPS) is 15.7. The van der Waals surface area contributed by atoms with Crippen molar-refractivity contribution in [3.63, 3.8) is 0 Å². The first-order valence-electron chi connectivity index (χ1n) is 10.6. The summed E-state index contributed by atoms with van der Waals surface area (Å²) in [5.74, 6) is 0.529. The highest BCUT2D eigenvalue weighted by atomic mass is 15.1. The van der Waals surface area contributed by atoms with Crippen LogP contribution in [0.15, 0.2) is 97.1 Å². The highest BCUT2D eigenvalue weighted by Crippen LogP contribution is 2.37. The molecule has 0 saturated heterocycles. The molecule has 0 saturated carbocycles. The molecule has 3 aromatic rings. The number of nitrogens with zero attached hydrogens (tertiary/aromatic N) is 1. The summed E-state index contributed by atoms with van der Waals surface area (Å²) in [7, 11) is 0. The van der Waals surface area contributed by atoms with Crippen LogP contribution in [-0.2, 0) is 6.54 Å². The number of hydrogen-bond acceptors (Lipinski definition) is 1. The van der Waals surface area contributed by atoms with Gasteiger partial charge in [-0.2, -0.15) is 0 Å². The number of fused-ring (bicyclic) bond motifs is 1. The number of benzene rings is 3. The minimum absolute atomic E-state index is 0.529. The van der Waals surface area contributed by atoms with E-state index in [1.807, 2.05) is 0 Å². The Morgan fingerprint density at radius 1 is 0.828 bits per heavy atom. The summed E-state index contributed by atoms with van der Waals surface area (Å²) in [5.41, 5.74) is 7.04. The monoisotopic (exact) mass is 379 g/mol. The van der Waals surface area contributed by atoms with E-state index < -0.39 is 0 Å². The van der Waals surface area contributed by atoms with Crippen molar-refractivity contribution in [2.24, 2.45) is 0 Å². The molecule has 0 N–H and O–H groups in total. The number of rotatable bonds is 8. The van der Waals surface area contributed by atoms with E-state index in [1.165, 1.54) is 27.8 Å². The lowest BCUT2D eigenvalue weighted by Gasteiger charge is -2.21. The van der Waals surface area contributed by atoms with Crippen LogP contribution >= 0.6 is 0 Å². The van der Waals surface area contributed by atoms with Crippen molar-refractivity contribution in [2.75, 3.05) is 13.1 Å². The Balaban J connectivity index is 1.44. The van der Waals surface area contributed by atoms with Gasteiger partial charge in [0.2, 0.25) is 0 Å². The predicted molar refractivity (Wildman–Crippen MR) is 125 cm³/mol. The minimum atomic E-state index is 0.529. The minimum Gasteiger partial charge on any atom is -0.295 e. The summed E-state index contributed by atoms with van der Waals surface area (Å²) in [6.07, 6.45) is 8.06. The molecule has 0 spiro atoms. The third kappa shape index (κ3) is 5.13. The van der Waals surface area contributed by atoms with Gasteiger partial charge in [-0.15, -0.1) is 0 Å². The van der Waals surface area contributed by atoms with Gasteiger partial charge in [0.15, 0.2) is 0 Å². The van der Waals surface area contributed by atoms with E-state index in [2.05, 4.69) is 115 Å².